The van der Waals surface area contributed by atoms with E-state index < -0.39 is 11.3 Å². The zero-order valence-corrected chi connectivity index (χ0v) is 20.7. The van der Waals surface area contributed by atoms with Crippen LogP contribution in [0.5, 0.6) is 0 Å². The molecule has 0 bridgehead atoms. The molecule has 0 spiro atoms. The van der Waals surface area contributed by atoms with Gasteiger partial charge in [-0.15, -0.1) is 11.8 Å². The quantitative estimate of drug-likeness (QED) is 0.490. The van der Waals surface area contributed by atoms with Gasteiger partial charge in [-0.3, -0.25) is 15.0 Å². The Morgan fingerprint density at radius 1 is 0.914 bits per heavy atom. The summed E-state index contributed by atoms with van der Waals surface area (Å²) < 4.78 is 5.62. The van der Waals surface area contributed by atoms with Crippen molar-refractivity contribution in [3.05, 3.63) is 95.0 Å². The molecule has 2 heterocycles. The Balaban J connectivity index is 1.48. The van der Waals surface area contributed by atoms with Crippen LogP contribution < -0.4 is 10.3 Å². The topological polar surface area (TPSA) is 61.9 Å². The van der Waals surface area contributed by atoms with Crippen molar-refractivity contribution in [2.24, 2.45) is 0 Å². The summed E-state index contributed by atoms with van der Waals surface area (Å²) in [6.45, 7) is 3.18. The number of nitrogens with zero attached hydrogens (tertiary/aromatic N) is 2. The molecule has 3 aromatic carbocycles. The minimum Gasteiger partial charge on any atom is -0.380 e. The molecule has 2 amide bonds. The SMILES string of the molecule is O=C1NN(C(c2ccccc2)c2cccc(N3CCCOCC3)c2)C(=O)C1Sc1ccccc1Cl. The van der Waals surface area contributed by atoms with Crippen LogP contribution in [-0.2, 0) is 14.3 Å². The number of amides is 2. The first-order valence-corrected chi connectivity index (χ1v) is 12.9. The highest BCUT2D eigenvalue weighted by Gasteiger charge is 2.44. The van der Waals surface area contributed by atoms with E-state index in [9.17, 15) is 9.59 Å². The van der Waals surface area contributed by atoms with Gasteiger partial charge in [0.2, 0.25) is 0 Å². The Kier molecular flexibility index (Phi) is 7.27. The number of carbonyl (C=O) groups is 2. The standard InChI is InChI=1S/C27H26ClN3O3S/c28-22-12-4-5-13-23(22)35-25-26(32)29-31(27(25)33)24(19-8-2-1-3-9-19)20-10-6-11-21(18-20)30-14-7-16-34-17-15-30/h1-6,8-13,18,24-25H,7,14-17H2,(H,29,32). The van der Waals surface area contributed by atoms with E-state index in [4.69, 9.17) is 16.3 Å². The van der Waals surface area contributed by atoms with Crippen molar-refractivity contribution >= 4 is 40.9 Å². The molecule has 0 aromatic heterocycles. The lowest BCUT2D eigenvalue weighted by Gasteiger charge is -2.30. The second-order valence-electron chi connectivity index (χ2n) is 8.47. The molecule has 2 fully saturated rings. The monoisotopic (exact) mass is 507 g/mol. The number of hydrogen-bond acceptors (Lipinski definition) is 5. The van der Waals surface area contributed by atoms with Crippen LogP contribution in [0.25, 0.3) is 0 Å². The second-order valence-corrected chi connectivity index (χ2v) is 10.0. The van der Waals surface area contributed by atoms with E-state index in [1.54, 1.807) is 6.07 Å². The van der Waals surface area contributed by atoms with E-state index in [0.717, 1.165) is 42.9 Å². The van der Waals surface area contributed by atoms with E-state index >= 15 is 0 Å². The molecule has 3 aromatic rings. The van der Waals surface area contributed by atoms with Gasteiger partial charge in [0.15, 0.2) is 5.25 Å². The van der Waals surface area contributed by atoms with Gasteiger partial charge in [-0.1, -0.05) is 66.2 Å². The maximum atomic E-state index is 13.6. The lowest BCUT2D eigenvalue weighted by atomic mass is 9.97. The molecule has 1 N–H and O–H groups in total. The summed E-state index contributed by atoms with van der Waals surface area (Å²) in [4.78, 5) is 29.6. The average molecular weight is 508 g/mol. The second kappa shape index (κ2) is 10.7. The highest BCUT2D eigenvalue weighted by Crippen LogP contribution is 2.37. The first-order valence-electron chi connectivity index (χ1n) is 11.6. The van der Waals surface area contributed by atoms with Crippen LogP contribution in [0.1, 0.15) is 23.6 Å². The molecule has 0 radical (unpaired) electrons. The fourth-order valence-electron chi connectivity index (χ4n) is 4.46. The molecule has 8 heteroatoms. The number of anilines is 1. The number of thioether (sulfide) groups is 1. The molecule has 2 unspecified atom stereocenters. The first-order chi connectivity index (χ1) is 17.1. The van der Waals surface area contributed by atoms with Crippen LogP contribution in [-0.4, -0.2) is 48.4 Å². The molecule has 6 nitrogen and oxygen atoms in total. The maximum absolute atomic E-state index is 13.6. The predicted octanol–water partition coefficient (Wildman–Crippen LogP) is 4.69. The molecular formula is C27H26ClN3O3S. The van der Waals surface area contributed by atoms with Crippen molar-refractivity contribution in [1.82, 2.24) is 10.4 Å². The number of hydrazine groups is 1. The summed E-state index contributed by atoms with van der Waals surface area (Å²) in [5, 5.41) is 1.08. The summed E-state index contributed by atoms with van der Waals surface area (Å²) in [6.07, 6.45) is 0.966. The lowest BCUT2D eigenvalue weighted by Crippen LogP contribution is -2.40. The molecule has 5 rings (SSSR count). The number of ether oxygens (including phenoxy) is 1. The van der Waals surface area contributed by atoms with Gasteiger partial charge in [-0.2, -0.15) is 0 Å². The minimum atomic E-state index is -0.910. The zero-order valence-electron chi connectivity index (χ0n) is 19.1. The summed E-state index contributed by atoms with van der Waals surface area (Å²) >= 11 is 7.48. The predicted molar refractivity (Wildman–Crippen MR) is 138 cm³/mol. The van der Waals surface area contributed by atoms with Gasteiger partial charge in [-0.05, 0) is 41.8 Å². The molecule has 0 saturated carbocycles. The van der Waals surface area contributed by atoms with Gasteiger partial charge in [0.1, 0.15) is 6.04 Å². The summed E-state index contributed by atoms with van der Waals surface area (Å²) in [6, 6.07) is 24.7. The highest BCUT2D eigenvalue weighted by atomic mass is 35.5. The number of nitrogens with one attached hydrogen (secondary N) is 1. The van der Waals surface area contributed by atoms with Gasteiger partial charge in [0, 0.05) is 30.3 Å². The van der Waals surface area contributed by atoms with Crippen LogP contribution in [0.3, 0.4) is 0 Å². The summed E-state index contributed by atoms with van der Waals surface area (Å²) in [7, 11) is 0. The third-order valence-corrected chi connectivity index (χ3v) is 7.86. The fourth-order valence-corrected chi connectivity index (χ4v) is 5.69. The van der Waals surface area contributed by atoms with Gasteiger partial charge in [-0.25, -0.2) is 5.01 Å². The third kappa shape index (κ3) is 5.17. The van der Waals surface area contributed by atoms with Crippen molar-refractivity contribution in [1.29, 1.82) is 0 Å². The van der Waals surface area contributed by atoms with Crippen LogP contribution in [0.4, 0.5) is 5.69 Å². The van der Waals surface area contributed by atoms with Crippen molar-refractivity contribution in [3.63, 3.8) is 0 Å². The van der Waals surface area contributed by atoms with E-state index in [1.807, 2.05) is 60.7 Å². The zero-order chi connectivity index (χ0) is 24.2. The minimum absolute atomic E-state index is 0.289. The Morgan fingerprint density at radius 3 is 2.51 bits per heavy atom. The van der Waals surface area contributed by atoms with E-state index in [-0.39, 0.29) is 11.8 Å². The Hall–Kier alpha value is -3.00. The molecule has 2 aliphatic rings. The number of halogens is 1. The first kappa shape index (κ1) is 23.7. The van der Waals surface area contributed by atoms with Crippen molar-refractivity contribution < 1.29 is 14.3 Å². The molecule has 0 aliphatic carbocycles. The number of hydrogen-bond donors (Lipinski definition) is 1. The van der Waals surface area contributed by atoms with Crippen molar-refractivity contribution in [3.8, 4) is 0 Å². The van der Waals surface area contributed by atoms with E-state index in [1.165, 1.54) is 16.8 Å². The van der Waals surface area contributed by atoms with Gasteiger partial charge >= 0.3 is 0 Å². The molecular weight excluding hydrogens is 482 g/mol. The molecule has 35 heavy (non-hydrogen) atoms. The van der Waals surface area contributed by atoms with Crippen LogP contribution in [0.2, 0.25) is 5.02 Å². The van der Waals surface area contributed by atoms with Gasteiger partial charge in [0.25, 0.3) is 11.8 Å². The number of carbonyl (C=O) groups excluding carboxylic acids is 2. The van der Waals surface area contributed by atoms with Gasteiger partial charge < -0.3 is 9.64 Å². The smallest absolute Gasteiger partial charge is 0.265 e. The average Bonchev–Trinajstić information content (AvgIpc) is 3.06. The molecule has 2 atom stereocenters. The Bertz CT molecular complexity index is 1200. The Morgan fingerprint density at radius 2 is 1.69 bits per heavy atom. The maximum Gasteiger partial charge on any atom is 0.265 e. The highest BCUT2D eigenvalue weighted by molar-refractivity contribution is 8.01. The van der Waals surface area contributed by atoms with Crippen LogP contribution in [0, 0.1) is 0 Å². The summed E-state index contributed by atoms with van der Waals surface area (Å²) in [5.74, 6) is -0.635. The molecule has 2 saturated heterocycles. The third-order valence-electron chi connectivity index (χ3n) is 6.16. The lowest BCUT2D eigenvalue weighted by molar-refractivity contribution is -0.131. The van der Waals surface area contributed by atoms with Crippen molar-refractivity contribution in [2.75, 3.05) is 31.2 Å². The molecule has 2 aliphatic heterocycles. The van der Waals surface area contributed by atoms with E-state index in [2.05, 4.69) is 22.5 Å². The van der Waals surface area contributed by atoms with E-state index in [0.29, 0.717) is 16.5 Å². The molecule has 180 valence electrons. The number of benzene rings is 3. The van der Waals surface area contributed by atoms with Crippen LogP contribution in [0.15, 0.2) is 83.8 Å². The largest absolute Gasteiger partial charge is 0.380 e. The fraction of sp³-hybridized carbons (Fsp3) is 0.259. The van der Waals surface area contributed by atoms with Gasteiger partial charge in [0.05, 0.1) is 11.6 Å². The number of rotatable bonds is 6. The normalized spacial score (nSPS) is 19.4. The summed E-state index contributed by atoms with van der Waals surface area (Å²) in [5.41, 5.74) is 5.77. The van der Waals surface area contributed by atoms with Crippen molar-refractivity contribution in [2.45, 2.75) is 22.6 Å². The Labute approximate surface area is 214 Å². The van der Waals surface area contributed by atoms with Crippen LogP contribution >= 0.6 is 23.4 Å².